The maximum absolute atomic E-state index is 11.5. The van der Waals surface area contributed by atoms with Gasteiger partial charge >= 0.3 is 5.97 Å². The van der Waals surface area contributed by atoms with E-state index in [0.717, 1.165) is 31.2 Å². The Kier molecular flexibility index (Phi) is 5.03. The summed E-state index contributed by atoms with van der Waals surface area (Å²) in [7, 11) is 5.41. The van der Waals surface area contributed by atoms with Gasteiger partial charge in [-0.3, -0.25) is 9.48 Å². The summed E-state index contributed by atoms with van der Waals surface area (Å²) in [6.07, 6.45) is 0. The highest BCUT2D eigenvalue weighted by Crippen LogP contribution is 2.28. The Morgan fingerprint density at radius 1 is 1.50 bits per heavy atom. The van der Waals surface area contributed by atoms with Crippen molar-refractivity contribution >= 4 is 55.4 Å². The number of ether oxygens (including phenoxy) is 1. The van der Waals surface area contributed by atoms with Crippen LogP contribution in [0.25, 0.3) is 10.9 Å². The van der Waals surface area contributed by atoms with Crippen LogP contribution in [-0.4, -0.2) is 41.9 Å². The highest BCUT2D eigenvalue weighted by Gasteiger charge is 2.16. The van der Waals surface area contributed by atoms with Crippen molar-refractivity contribution < 1.29 is 9.53 Å². The number of hydrogen-bond donors (Lipinski definition) is 0. The number of nitrogens with zero attached hydrogens (tertiary/aromatic N) is 3. The van der Waals surface area contributed by atoms with E-state index in [1.807, 2.05) is 20.2 Å². The lowest BCUT2D eigenvalue weighted by atomic mass is 10.1. The van der Waals surface area contributed by atoms with Crippen molar-refractivity contribution in [2.24, 2.45) is 0 Å². The second kappa shape index (κ2) is 6.40. The fourth-order valence-corrected chi connectivity index (χ4v) is 3.27. The molecule has 0 saturated heterocycles. The normalized spacial score (nSPS) is 11.3. The molecule has 1 heterocycles. The van der Waals surface area contributed by atoms with E-state index in [0.29, 0.717) is 0 Å². The van der Waals surface area contributed by atoms with Crippen molar-refractivity contribution in [1.82, 2.24) is 14.7 Å². The molecule has 0 amide bonds. The van der Waals surface area contributed by atoms with Gasteiger partial charge in [0.05, 0.1) is 12.6 Å². The molecule has 0 saturated carbocycles. The lowest BCUT2D eigenvalue weighted by Gasteiger charge is -2.13. The minimum absolute atomic E-state index is 0.123. The van der Waals surface area contributed by atoms with Crippen molar-refractivity contribution in [3.8, 4) is 0 Å². The van der Waals surface area contributed by atoms with Gasteiger partial charge in [-0.2, -0.15) is 5.10 Å². The van der Waals surface area contributed by atoms with Crippen LogP contribution in [0.4, 0.5) is 0 Å². The summed E-state index contributed by atoms with van der Waals surface area (Å²) in [5, 5.41) is 5.49. The van der Waals surface area contributed by atoms with Gasteiger partial charge in [-0.05, 0) is 54.4 Å². The zero-order valence-electron chi connectivity index (χ0n) is 11.5. The molecule has 0 N–H and O–H groups in total. The van der Waals surface area contributed by atoms with Crippen molar-refractivity contribution in [3.63, 3.8) is 0 Å². The van der Waals surface area contributed by atoms with E-state index in [1.54, 1.807) is 4.68 Å². The van der Waals surface area contributed by atoms with Crippen molar-refractivity contribution in [2.45, 2.75) is 13.1 Å². The number of fused-ring (bicyclic) bond motifs is 1. The molecule has 1 aromatic carbocycles. The van der Waals surface area contributed by atoms with Gasteiger partial charge in [0.15, 0.2) is 0 Å². The van der Waals surface area contributed by atoms with E-state index in [-0.39, 0.29) is 12.5 Å². The second-order valence-electron chi connectivity index (χ2n) is 4.72. The van der Waals surface area contributed by atoms with Crippen molar-refractivity contribution in [3.05, 3.63) is 25.9 Å². The molecule has 0 atom stereocenters. The Labute approximate surface area is 139 Å². The molecule has 0 bridgehead atoms. The summed E-state index contributed by atoms with van der Waals surface area (Å²) in [6.45, 7) is 0.900. The van der Waals surface area contributed by atoms with Crippen LogP contribution in [0.1, 0.15) is 5.56 Å². The van der Waals surface area contributed by atoms with Crippen LogP contribution in [0.2, 0.25) is 0 Å². The highest BCUT2D eigenvalue weighted by molar-refractivity contribution is 14.1. The van der Waals surface area contributed by atoms with Crippen LogP contribution in [0.3, 0.4) is 0 Å². The molecule has 0 aliphatic heterocycles. The fourth-order valence-electron chi connectivity index (χ4n) is 2.09. The Morgan fingerprint density at radius 2 is 2.20 bits per heavy atom. The number of aromatic nitrogens is 2. The van der Waals surface area contributed by atoms with Crippen LogP contribution < -0.4 is 0 Å². The third kappa shape index (κ3) is 3.32. The first kappa shape index (κ1) is 15.7. The molecule has 0 radical (unpaired) electrons. The lowest BCUT2D eigenvalue weighted by molar-refractivity contribution is -0.141. The monoisotopic (exact) mass is 451 g/mol. The first-order valence-electron chi connectivity index (χ1n) is 5.98. The zero-order chi connectivity index (χ0) is 14.9. The molecule has 1 aromatic heterocycles. The smallest absolute Gasteiger partial charge is 0.327 e. The number of hydrogen-bond acceptors (Lipinski definition) is 4. The van der Waals surface area contributed by atoms with E-state index in [1.165, 1.54) is 7.11 Å². The van der Waals surface area contributed by atoms with Gasteiger partial charge in [-0.15, -0.1) is 0 Å². The summed E-state index contributed by atoms with van der Waals surface area (Å²) in [4.78, 5) is 13.6. The quantitative estimate of drug-likeness (QED) is 0.529. The standard InChI is InChI=1S/C13H15BrIN3O2/c1-17(2)6-8-4-9(14)5-10-12(8)18(16-13(10)15)7-11(19)20-3/h4-5H,6-7H2,1-3H3. The first-order chi connectivity index (χ1) is 9.42. The maximum Gasteiger partial charge on any atom is 0.327 e. The van der Waals surface area contributed by atoms with Gasteiger partial charge in [0.25, 0.3) is 0 Å². The maximum atomic E-state index is 11.5. The largest absolute Gasteiger partial charge is 0.468 e. The van der Waals surface area contributed by atoms with Crippen LogP contribution in [-0.2, 0) is 22.6 Å². The summed E-state index contributed by atoms with van der Waals surface area (Å²) >= 11 is 5.72. The van der Waals surface area contributed by atoms with E-state index in [9.17, 15) is 4.79 Å². The molecular weight excluding hydrogens is 437 g/mol. The van der Waals surface area contributed by atoms with Gasteiger partial charge in [-0.1, -0.05) is 15.9 Å². The van der Waals surface area contributed by atoms with Crippen molar-refractivity contribution in [2.75, 3.05) is 21.2 Å². The molecule has 108 valence electrons. The third-order valence-electron chi connectivity index (χ3n) is 2.84. The number of carbonyl (C=O) groups is 1. The summed E-state index contributed by atoms with van der Waals surface area (Å²) in [6, 6.07) is 4.09. The van der Waals surface area contributed by atoms with Gasteiger partial charge in [0, 0.05) is 16.4 Å². The molecule has 2 rings (SSSR count). The Hall–Kier alpha value is -0.670. The van der Waals surface area contributed by atoms with Crippen LogP contribution in [0, 0.1) is 3.70 Å². The molecule has 0 aliphatic carbocycles. The van der Waals surface area contributed by atoms with Gasteiger partial charge in [0.2, 0.25) is 0 Å². The first-order valence-corrected chi connectivity index (χ1v) is 7.85. The van der Waals surface area contributed by atoms with Gasteiger partial charge in [0.1, 0.15) is 10.2 Å². The molecule has 0 fully saturated rings. The molecule has 0 unspecified atom stereocenters. The summed E-state index contributed by atoms with van der Waals surface area (Å²) in [5.41, 5.74) is 2.11. The zero-order valence-corrected chi connectivity index (χ0v) is 15.2. The number of rotatable bonds is 4. The lowest BCUT2D eigenvalue weighted by Crippen LogP contribution is -2.15. The third-order valence-corrected chi connectivity index (χ3v) is 4.09. The van der Waals surface area contributed by atoms with Crippen LogP contribution in [0.5, 0.6) is 0 Å². The topological polar surface area (TPSA) is 47.4 Å². The number of esters is 1. The average Bonchev–Trinajstić information content (AvgIpc) is 2.65. The molecule has 5 nitrogen and oxygen atoms in total. The van der Waals surface area contributed by atoms with E-state index in [4.69, 9.17) is 4.74 Å². The number of carbonyl (C=O) groups excluding carboxylic acids is 1. The number of benzene rings is 1. The van der Waals surface area contributed by atoms with E-state index >= 15 is 0 Å². The highest BCUT2D eigenvalue weighted by atomic mass is 127. The fraction of sp³-hybridized carbons (Fsp3) is 0.385. The van der Waals surface area contributed by atoms with Crippen LogP contribution in [0.15, 0.2) is 16.6 Å². The molecule has 2 aromatic rings. The molecule has 20 heavy (non-hydrogen) atoms. The Balaban J connectivity index is 2.61. The van der Waals surface area contributed by atoms with Crippen LogP contribution >= 0.6 is 38.5 Å². The van der Waals surface area contributed by atoms with E-state index in [2.05, 4.69) is 54.6 Å². The molecule has 0 aliphatic rings. The van der Waals surface area contributed by atoms with Gasteiger partial charge < -0.3 is 9.64 Å². The summed E-state index contributed by atoms with van der Waals surface area (Å²) < 4.78 is 8.34. The van der Waals surface area contributed by atoms with Crippen molar-refractivity contribution in [1.29, 1.82) is 0 Å². The molecular formula is C13H15BrIN3O2. The Bertz CT molecular complexity index is 655. The Morgan fingerprint density at radius 3 is 2.80 bits per heavy atom. The number of methoxy groups -OCH3 is 1. The predicted molar refractivity (Wildman–Crippen MR) is 89.6 cm³/mol. The SMILES string of the molecule is COC(=O)Cn1nc(I)c2cc(Br)cc(CN(C)C)c21. The minimum Gasteiger partial charge on any atom is -0.468 e. The summed E-state index contributed by atoms with van der Waals surface area (Å²) in [5.74, 6) is -0.301. The molecule has 7 heteroatoms. The average molecular weight is 452 g/mol. The number of halogens is 2. The van der Waals surface area contributed by atoms with E-state index < -0.39 is 0 Å². The minimum atomic E-state index is -0.301. The second-order valence-corrected chi connectivity index (χ2v) is 6.66. The van der Waals surface area contributed by atoms with Gasteiger partial charge in [-0.25, -0.2) is 0 Å². The molecule has 0 spiro atoms. The predicted octanol–water partition coefficient (Wildman–Crippen LogP) is 2.64.